The van der Waals surface area contributed by atoms with Crippen molar-refractivity contribution in [2.75, 3.05) is 18.8 Å². The summed E-state index contributed by atoms with van der Waals surface area (Å²) >= 11 is 0. The maximum atomic E-state index is 13.4. The van der Waals surface area contributed by atoms with Gasteiger partial charge in [-0.1, -0.05) is 12.1 Å². The lowest BCUT2D eigenvalue weighted by Gasteiger charge is -2.26. The van der Waals surface area contributed by atoms with Gasteiger partial charge in [-0.25, -0.2) is 0 Å². The minimum Gasteiger partial charge on any atom is -0.507 e. The molecule has 0 radical (unpaired) electrons. The van der Waals surface area contributed by atoms with E-state index in [0.29, 0.717) is 39.8 Å². The van der Waals surface area contributed by atoms with Gasteiger partial charge in [-0.15, -0.1) is 0 Å². The summed E-state index contributed by atoms with van der Waals surface area (Å²) in [5, 5.41) is 11.3. The molecule has 8 nitrogen and oxygen atoms in total. The van der Waals surface area contributed by atoms with Crippen LogP contribution >= 0.6 is 0 Å². The topological polar surface area (TPSA) is 94.5 Å². The number of fused-ring (bicyclic) bond motifs is 1. The van der Waals surface area contributed by atoms with Crippen LogP contribution in [0, 0.1) is 0 Å². The van der Waals surface area contributed by atoms with Crippen molar-refractivity contribution in [2.24, 2.45) is 0 Å². The number of aliphatic hydroxyl groups excluding tert-OH is 1. The van der Waals surface area contributed by atoms with Gasteiger partial charge >= 0.3 is 0 Å². The second-order valence-electron chi connectivity index (χ2n) is 8.67. The number of hydrogen-bond donors (Lipinski definition) is 1. The Kier molecular flexibility index (Phi) is 6.01. The third-order valence-electron chi connectivity index (χ3n) is 6.01. The number of benzene rings is 3. The Morgan fingerprint density at radius 3 is 2.28 bits per heavy atom. The molecule has 0 bridgehead atoms. The standard InChI is InChI=1S/C28H25NO7/c1-16(2)36-21-11-4-17(5-12-21)25-24(26(30)18-6-9-20(33-3)10-7-18)27(31)28(32)29(25)19-8-13-22-23(14-19)35-15-34-22/h4-14,16,25,30H,15H2,1-3H3/b26-24+. The third kappa shape index (κ3) is 4.11. The van der Waals surface area contributed by atoms with E-state index in [1.54, 1.807) is 73.8 Å². The molecule has 0 aromatic heterocycles. The SMILES string of the molecule is COc1ccc(/C(O)=C2\C(=O)C(=O)N(c3ccc4c(c3)OCO4)C2c2ccc(OC(C)C)cc2)cc1. The fourth-order valence-electron chi connectivity index (χ4n) is 4.35. The van der Waals surface area contributed by atoms with Gasteiger partial charge in [0.05, 0.1) is 24.8 Å². The van der Waals surface area contributed by atoms with Crippen molar-refractivity contribution >= 4 is 23.1 Å². The fraction of sp³-hybridized carbons (Fsp3) is 0.214. The van der Waals surface area contributed by atoms with Crippen molar-refractivity contribution in [1.29, 1.82) is 0 Å². The predicted octanol–water partition coefficient (Wildman–Crippen LogP) is 4.84. The Morgan fingerprint density at radius 1 is 0.944 bits per heavy atom. The van der Waals surface area contributed by atoms with Crippen molar-refractivity contribution < 1.29 is 33.6 Å². The van der Waals surface area contributed by atoms with Gasteiger partial charge in [0.15, 0.2) is 11.5 Å². The molecule has 1 fully saturated rings. The average Bonchev–Trinajstić information content (AvgIpc) is 3.45. The smallest absolute Gasteiger partial charge is 0.300 e. The molecule has 0 aliphatic carbocycles. The molecule has 8 heteroatoms. The van der Waals surface area contributed by atoms with Crippen molar-refractivity contribution in [3.8, 4) is 23.0 Å². The number of aliphatic hydroxyl groups is 1. The number of anilines is 1. The van der Waals surface area contributed by atoms with Crippen LogP contribution in [0.2, 0.25) is 0 Å². The molecule has 1 atom stereocenters. The first kappa shape index (κ1) is 23.3. The van der Waals surface area contributed by atoms with E-state index < -0.39 is 17.7 Å². The molecular formula is C28H25NO7. The van der Waals surface area contributed by atoms with Crippen LogP contribution in [0.3, 0.4) is 0 Å². The normalized spacial score (nSPS) is 18.1. The predicted molar refractivity (Wildman–Crippen MR) is 133 cm³/mol. The lowest BCUT2D eigenvalue weighted by molar-refractivity contribution is -0.132. The molecule has 1 saturated heterocycles. The van der Waals surface area contributed by atoms with Crippen LogP contribution in [0.1, 0.15) is 31.0 Å². The molecule has 1 amide bonds. The highest BCUT2D eigenvalue weighted by molar-refractivity contribution is 6.51. The molecule has 2 aliphatic heterocycles. The lowest BCUT2D eigenvalue weighted by atomic mass is 9.95. The van der Waals surface area contributed by atoms with Crippen molar-refractivity contribution in [1.82, 2.24) is 0 Å². The zero-order chi connectivity index (χ0) is 25.4. The number of rotatable bonds is 6. The minimum atomic E-state index is -0.874. The highest BCUT2D eigenvalue weighted by Gasteiger charge is 2.47. The zero-order valence-corrected chi connectivity index (χ0v) is 20.1. The van der Waals surface area contributed by atoms with Crippen molar-refractivity contribution in [3.05, 3.63) is 83.4 Å². The van der Waals surface area contributed by atoms with Gasteiger partial charge in [-0.3, -0.25) is 14.5 Å². The monoisotopic (exact) mass is 487 g/mol. The van der Waals surface area contributed by atoms with Crippen LogP contribution in [0.5, 0.6) is 23.0 Å². The number of hydrogen-bond acceptors (Lipinski definition) is 7. The van der Waals surface area contributed by atoms with Gasteiger partial charge < -0.3 is 24.1 Å². The highest BCUT2D eigenvalue weighted by atomic mass is 16.7. The molecule has 1 unspecified atom stereocenters. The summed E-state index contributed by atoms with van der Waals surface area (Å²) < 4.78 is 21.8. The van der Waals surface area contributed by atoms with Crippen LogP contribution in [0.15, 0.2) is 72.3 Å². The van der Waals surface area contributed by atoms with Gasteiger partial charge in [-0.05, 0) is 67.9 Å². The van der Waals surface area contributed by atoms with E-state index in [0.717, 1.165) is 0 Å². The maximum Gasteiger partial charge on any atom is 0.300 e. The van der Waals surface area contributed by atoms with Gasteiger partial charge in [0.1, 0.15) is 17.3 Å². The number of amides is 1. The van der Waals surface area contributed by atoms with E-state index in [-0.39, 0.29) is 24.2 Å². The van der Waals surface area contributed by atoms with E-state index in [1.165, 1.54) is 4.90 Å². The highest BCUT2D eigenvalue weighted by Crippen LogP contribution is 2.45. The molecule has 5 rings (SSSR count). The number of methoxy groups -OCH3 is 1. The Balaban J connectivity index is 1.65. The van der Waals surface area contributed by atoms with E-state index >= 15 is 0 Å². The molecule has 2 heterocycles. The number of carbonyl (C=O) groups is 2. The molecule has 184 valence electrons. The van der Waals surface area contributed by atoms with Crippen LogP contribution in [-0.4, -0.2) is 36.8 Å². The number of nitrogens with zero attached hydrogens (tertiary/aromatic N) is 1. The first-order valence-corrected chi connectivity index (χ1v) is 11.5. The Labute approximate surface area is 208 Å². The maximum absolute atomic E-state index is 13.4. The third-order valence-corrected chi connectivity index (χ3v) is 6.01. The summed E-state index contributed by atoms with van der Waals surface area (Å²) in [6.07, 6.45) is -0.00908. The molecule has 36 heavy (non-hydrogen) atoms. The molecule has 0 spiro atoms. The molecular weight excluding hydrogens is 462 g/mol. The Hall–Kier alpha value is -4.46. The summed E-state index contributed by atoms with van der Waals surface area (Å²) in [5.41, 5.74) is 1.46. The number of ether oxygens (including phenoxy) is 4. The molecule has 1 N–H and O–H groups in total. The summed E-state index contributed by atoms with van der Waals surface area (Å²) in [6.45, 7) is 3.93. The van der Waals surface area contributed by atoms with Crippen molar-refractivity contribution in [2.45, 2.75) is 26.0 Å². The van der Waals surface area contributed by atoms with Gasteiger partial charge in [-0.2, -0.15) is 0 Å². The Morgan fingerprint density at radius 2 is 1.61 bits per heavy atom. The first-order valence-electron chi connectivity index (χ1n) is 11.5. The molecule has 3 aromatic carbocycles. The van der Waals surface area contributed by atoms with Crippen LogP contribution < -0.4 is 23.8 Å². The number of carbonyl (C=O) groups excluding carboxylic acids is 2. The summed E-state index contributed by atoms with van der Waals surface area (Å²) in [4.78, 5) is 28.1. The Bertz CT molecular complexity index is 1340. The molecule has 3 aromatic rings. The van der Waals surface area contributed by atoms with E-state index in [1.807, 2.05) is 13.8 Å². The lowest BCUT2D eigenvalue weighted by Crippen LogP contribution is -2.29. The molecule has 0 saturated carbocycles. The number of Topliss-reactive ketones (excluding diaryl/α,β-unsaturated/α-hetero) is 1. The minimum absolute atomic E-state index is 0.00908. The van der Waals surface area contributed by atoms with Crippen LogP contribution in [0.4, 0.5) is 5.69 Å². The van der Waals surface area contributed by atoms with Gasteiger partial charge in [0, 0.05) is 17.3 Å². The first-order chi connectivity index (χ1) is 17.4. The second-order valence-corrected chi connectivity index (χ2v) is 8.67. The van der Waals surface area contributed by atoms with Crippen LogP contribution in [-0.2, 0) is 9.59 Å². The average molecular weight is 488 g/mol. The summed E-state index contributed by atoms with van der Waals surface area (Å²) in [6, 6.07) is 17.9. The van der Waals surface area contributed by atoms with Gasteiger partial charge in [0.25, 0.3) is 11.7 Å². The largest absolute Gasteiger partial charge is 0.507 e. The van der Waals surface area contributed by atoms with Crippen molar-refractivity contribution in [3.63, 3.8) is 0 Å². The second kappa shape index (κ2) is 9.30. The fourth-order valence-corrected chi connectivity index (χ4v) is 4.35. The summed E-state index contributed by atoms with van der Waals surface area (Å²) in [7, 11) is 1.54. The van der Waals surface area contributed by atoms with Gasteiger partial charge in [0.2, 0.25) is 6.79 Å². The zero-order valence-electron chi connectivity index (χ0n) is 20.1. The quantitative estimate of drug-likeness (QED) is 0.302. The van der Waals surface area contributed by atoms with E-state index in [9.17, 15) is 14.7 Å². The van der Waals surface area contributed by atoms with E-state index in [4.69, 9.17) is 18.9 Å². The van der Waals surface area contributed by atoms with E-state index in [2.05, 4.69) is 0 Å². The number of ketones is 1. The summed E-state index contributed by atoms with van der Waals surface area (Å²) in [5.74, 6) is 0.481. The van der Waals surface area contributed by atoms with Crippen LogP contribution in [0.25, 0.3) is 5.76 Å². The molecule has 2 aliphatic rings.